The van der Waals surface area contributed by atoms with Crippen LogP contribution in [0.4, 0.5) is 0 Å². The highest BCUT2D eigenvalue weighted by atomic mass is 16.2. The quantitative estimate of drug-likeness (QED) is 0.944. The fourth-order valence-corrected chi connectivity index (χ4v) is 3.03. The minimum Gasteiger partial charge on any atom is -0.343 e. The first-order valence-electron chi connectivity index (χ1n) is 7.78. The molecular weight excluding hydrogens is 272 g/mol. The molecule has 114 valence electrons. The lowest BCUT2D eigenvalue weighted by atomic mass is 9.96. The van der Waals surface area contributed by atoms with Gasteiger partial charge in [0.1, 0.15) is 0 Å². The van der Waals surface area contributed by atoms with E-state index >= 15 is 0 Å². The predicted octanol–water partition coefficient (Wildman–Crippen LogP) is 2.63. The van der Waals surface area contributed by atoms with Crippen LogP contribution in [-0.4, -0.2) is 37.0 Å². The molecule has 1 aliphatic rings. The summed E-state index contributed by atoms with van der Waals surface area (Å²) in [7, 11) is 1.87. The molecular formula is C19H22N2O. The van der Waals surface area contributed by atoms with Crippen molar-refractivity contribution < 1.29 is 4.79 Å². The Bertz CT molecular complexity index is 681. The van der Waals surface area contributed by atoms with E-state index in [0.29, 0.717) is 0 Å². The third kappa shape index (κ3) is 3.04. The molecule has 1 heterocycles. The number of rotatable bonds is 3. The summed E-state index contributed by atoms with van der Waals surface area (Å²) in [5.74, 6) is 0.188. The average molecular weight is 294 g/mol. The highest BCUT2D eigenvalue weighted by Crippen LogP contribution is 2.24. The molecule has 1 N–H and O–H groups in total. The summed E-state index contributed by atoms with van der Waals surface area (Å²) in [5.41, 5.74) is 4.93. The summed E-state index contributed by atoms with van der Waals surface area (Å²) in [6.07, 6.45) is 0.739. The zero-order chi connectivity index (χ0) is 15.5. The largest absolute Gasteiger partial charge is 0.343 e. The van der Waals surface area contributed by atoms with Gasteiger partial charge in [0.05, 0.1) is 6.04 Å². The number of hydrogen-bond acceptors (Lipinski definition) is 2. The molecule has 1 unspecified atom stereocenters. The first-order valence-corrected chi connectivity index (χ1v) is 7.78. The van der Waals surface area contributed by atoms with Crippen molar-refractivity contribution >= 4 is 5.91 Å². The Kier molecular flexibility index (Phi) is 4.25. The van der Waals surface area contributed by atoms with Crippen molar-refractivity contribution in [2.75, 3.05) is 20.1 Å². The number of hydrogen-bond donors (Lipinski definition) is 1. The van der Waals surface area contributed by atoms with Crippen LogP contribution >= 0.6 is 0 Å². The minimum absolute atomic E-state index is 0.106. The van der Waals surface area contributed by atoms with Crippen LogP contribution in [0.15, 0.2) is 48.5 Å². The molecule has 0 saturated carbocycles. The number of nitrogens with one attached hydrogen (secondary N) is 1. The minimum atomic E-state index is -0.106. The number of carbonyl (C=O) groups excluding carboxylic acids is 1. The van der Waals surface area contributed by atoms with E-state index in [4.69, 9.17) is 0 Å². The molecule has 3 rings (SSSR count). The van der Waals surface area contributed by atoms with E-state index < -0.39 is 0 Å². The fraction of sp³-hybridized carbons (Fsp3) is 0.316. The maximum absolute atomic E-state index is 12.2. The Hall–Kier alpha value is -2.13. The molecule has 1 aliphatic heterocycles. The second-order valence-corrected chi connectivity index (χ2v) is 5.99. The van der Waals surface area contributed by atoms with Gasteiger partial charge >= 0.3 is 0 Å². The summed E-state index contributed by atoms with van der Waals surface area (Å²) in [5, 5.41) is 3.33. The summed E-state index contributed by atoms with van der Waals surface area (Å²) in [6, 6.07) is 16.8. The van der Waals surface area contributed by atoms with Gasteiger partial charge in [-0.1, -0.05) is 48.5 Å². The number of aryl methyl sites for hydroxylation is 1. The van der Waals surface area contributed by atoms with Crippen molar-refractivity contribution in [3.63, 3.8) is 0 Å². The summed E-state index contributed by atoms with van der Waals surface area (Å²) in [4.78, 5) is 14.0. The lowest BCUT2D eigenvalue weighted by Gasteiger charge is -2.30. The van der Waals surface area contributed by atoms with Crippen LogP contribution in [0.2, 0.25) is 0 Å². The smallest absolute Gasteiger partial charge is 0.239 e. The zero-order valence-electron chi connectivity index (χ0n) is 13.2. The van der Waals surface area contributed by atoms with E-state index in [0.717, 1.165) is 19.5 Å². The van der Waals surface area contributed by atoms with Crippen LogP contribution in [-0.2, 0) is 11.2 Å². The first kappa shape index (κ1) is 14.8. The normalized spacial score (nSPS) is 18.5. The van der Waals surface area contributed by atoms with Gasteiger partial charge in [-0.3, -0.25) is 4.79 Å². The summed E-state index contributed by atoms with van der Waals surface area (Å²) < 4.78 is 0. The number of nitrogens with zero attached hydrogens (tertiary/aromatic N) is 1. The molecule has 0 bridgehead atoms. The fourth-order valence-electron chi connectivity index (χ4n) is 3.03. The summed E-state index contributed by atoms with van der Waals surface area (Å²) >= 11 is 0. The Morgan fingerprint density at radius 3 is 2.82 bits per heavy atom. The van der Waals surface area contributed by atoms with Crippen LogP contribution in [0.3, 0.4) is 0 Å². The van der Waals surface area contributed by atoms with Gasteiger partial charge in [0.25, 0.3) is 0 Å². The van der Waals surface area contributed by atoms with Crippen LogP contribution in [0.25, 0.3) is 11.1 Å². The molecule has 1 atom stereocenters. The van der Waals surface area contributed by atoms with E-state index in [1.54, 1.807) is 0 Å². The van der Waals surface area contributed by atoms with Gasteiger partial charge in [-0.05, 0) is 35.6 Å². The van der Waals surface area contributed by atoms with Crippen molar-refractivity contribution in [2.24, 2.45) is 0 Å². The number of benzene rings is 2. The van der Waals surface area contributed by atoms with E-state index in [1.807, 2.05) is 11.9 Å². The van der Waals surface area contributed by atoms with Crippen LogP contribution in [0.5, 0.6) is 0 Å². The maximum atomic E-state index is 12.2. The van der Waals surface area contributed by atoms with E-state index in [9.17, 15) is 4.79 Å². The molecule has 0 radical (unpaired) electrons. The molecule has 1 fully saturated rings. The molecule has 1 saturated heterocycles. The Morgan fingerprint density at radius 2 is 2.00 bits per heavy atom. The van der Waals surface area contributed by atoms with Gasteiger partial charge in [-0.15, -0.1) is 0 Å². The van der Waals surface area contributed by atoms with Crippen molar-refractivity contribution in [2.45, 2.75) is 19.4 Å². The van der Waals surface area contributed by atoms with E-state index in [-0.39, 0.29) is 11.9 Å². The molecule has 0 spiro atoms. The van der Waals surface area contributed by atoms with Gasteiger partial charge in [0, 0.05) is 20.1 Å². The van der Waals surface area contributed by atoms with Crippen molar-refractivity contribution in [1.82, 2.24) is 10.2 Å². The molecule has 22 heavy (non-hydrogen) atoms. The highest BCUT2D eigenvalue weighted by molar-refractivity contribution is 5.82. The third-order valence-electron chi connectivity index (χ3n) is 4.34. The molecule has 3 heteroatoms. The van der Waals surface area contributed by atoms with Crippen LogP contribution < -0.4 is 5.32 Å². The van der Waals surface area contributed by atoms with Gasteiger partial charge < -0.3 is 10.2 Å². The predicted molar refractivity (Wildman–Crippen MR) is 89.7 cm³/mol. The Labute approximate surface area is 132 Å². The molecule has 2 aromatic rings. The monoisotopic (exact) mass is 294 g/mol. The van der Waals surface area contributed by atoms with Gasteiger partial charge in [-0.25, -0.2) is 0 Å². The number of likely N-dealkylation sites (N-methyl/N-ethyl adjacent to an activating group) is 1. The number of piperazine rings is 1. The Balaban J connectivity index is 1.83. The second kappa shape index (κ2) is 6.32. The molecule has 0 aromatic heterocycles. The molecule has 3 nitrogen and oxygen atoms in total. The van der Waals surface area contributed by atoms with E-state index in [1.165, 1.54) is 22.3 Å². The molecule has 2 aromatic carbocycles. The SMILES string of the molecule is Cc1ccccc1-c1cccc(CC2NCCN(C)C2=O)c1. The van der Waals surface area contributed by atoms with Crippen LogP contribution in [0.1, 0.15) is 11.1 Å². The highest BCUT2D eigenvalue weighted by Gasteiger charge is 2.25. The van der Waals surface area contributed by atoms with Crippen molar-refractivity contribution in [3.8, 4) is 11.1 Å². The van der Waals surface area contributed by atoms with Gasteiger partial charge in [-0.2, -0.15) is 0 Å². The molecule has 1 amide bonds. The Morgan fingerprint density at radius 1 is 1.18 bits per heavy atom. The maximum Gasteiger partial charge on any atom is 0.239 e. The van der Waals surface area contributed by atoms with Crippen LogP contribution in [0, 0.1) is 6.92 Å². The second-order valence-electron chi connectivity index (χ2n) is 5.99. The first-order chi connectivity index (χ1) is 10.6. The number of amides is 1. The summed E-state index contributed by atoms with van der Waals surface area (Å²) in [6.45, 7) is 3.78. The van der Waals surface area contributed by atoms with E-state index in [2.05, 4.69) is 60.8 Å². The van der Waals surface area contributed by atoms with Gasteiger partial charge in [0.15, 0.2) is 0 Å². The van der Waals surface area contributed by atoms with Crippen molar-refractivity contribution in [1.29, 1.82) is 0 Å². The lowest BCUT2D eigenvalue weighted by Crippen LogP contribution is -2.54. The van der Waals surface area contributed by atoms with Gasteiger partial charge in [0.2, 0.25) is 5.91 Å². The van der Waals surface area contributed by atoms with Crippen molar-refractivity contribution in [3.05, 3.63) is 59.7 Å². The zero-order valence-corrected chi connectivity index (χ0v) is 13.2. The lowest BCUT2D eigenvalue weighted by molar-refractivity contribution is -0.134. The third-order valence-corrected chi connectivity index (χ3v) is 4.34. The topological polar surface area (TPSA) is 32.3 Å². The standard InChI is InChI=1S/C19H22N2O/c1-14-6-3-4-9-17(14)16-8-5-7-15(12-16)13-18-19(22)21(2)11-10-20-18/h3-9,12,18,20H,10-11,13H2,1-2H3. The average Bonchev–Trinajstić information content (AvgIpc) is 2.53. The number of carbonyl (C=O) groups is 1. The molecule has 0 aliphatic carbocycles.